The van der Waals surface area contributed by atoms with Gasteiger partial charge in [-0.25, -0.2) is 8.42 Å². The molecule has 0 aliphatic carbocycles. The van der Waals surface area contributed by atoms with Crippen LogP contribution in [0.2, 0.25) is 0 Å². The van der Waals surface area contributed by atoms with Crippen LogP contribution < -0.4 is 10.0 Å². The Bertz CT molecular complexity index is 699. The Kier molecular flexibility index (Phi) is 4.24. The predicted octanol–water partition coefficient (Wildman–Crippen LogP) is 2.62. The first-order chi connectivity index (χ1) is 9.54. The molecule has 5 nitrogen and oxygen atoms in total. The highest BCUT2D eigenvalue weighted by atomic mass is 32.2. The molecule has 0 saturated carbocycles. The molecule has 0 aliphatic heterocycles. The van der Waals surface area contributed by atoms with Gasteiger partial charge in [-0.1, -0.05) is 18.2 Å². The molecule has 20 heavy (non-hydrogen) atoms. The van der Waals surface area contributed by atoms with Crippen LogP contribution in [0, 0.1) is 6.92 Å². The second-order valence-electron chi connectivity index (χ2n) is 4.32. The summed E-state index contributed by atoms with van der Waals surface area (Å²) < 4.78 is 27.5. The molecule has 2 N–H and O–H groups in total. The van der Waals surface area contributed by atoms with E-state index in [4.69, 9.17) is 0 Å². The minimum absolute atomic E-state index is 0.144. The van der Waals surface area contributed by atoms with Gasteiger partial charge in [0, 0.05) is 18.9 Å². The third-order valence-corrected chi connectivity index (χ3v) is 4.22. The van der Waals surface area contributed by atoms with E-state index in [9.17, 15) is 8.42 Å². The van der Waals surface area contributed by atoms with E-state index in [0.717, 1.165) is 5.56 Å². The molecule has 1 aromatic carbocycles. The van der Waals surface area contributed by atoms with Crippen LogP contribution in [0.25, 0.3) is 0 Å². The predicted molar refractivity (Wildman–Crippen MR) is 80.4 cm³/mol. The highest BCUT2D eigenvalue weighted by Crippen LogP contribution is 2.23. The van der Waals surface area contributed by atoms with Crippen molar-refractivity contribution < 1.29 is 8.42 Å². The summed E-state index contributed by atoms with van der Waals surface area (Å²) in [6.45, 7) is 4.40. The van der Waals surface area contributed by atoms with Crippen molar-refractivity contribution in [3.8, 4) is 0 Å². The molecular weight excluding hydrogens is 274 g/mol. The first kappa shape index (κ1) is 14.3. The molecule has 1 aromatic heterocycles. The molecule has 1 heterocycles. The van der Waals surface area contributed by atoms with Gasteiger partial charge in [-0.2, -0.15) is 0 Å². The maximum atomic E-state index is 12.5. The number of rotatable bonds is 5. The fourth-order valence-electron chi connectivity index (χ4n) is 1.82. The molecule has 0 unspecified atom stereocenters. The topological polar surface area (TPSA) is 71.1 Å². The molecule has 0 radical (unpaired) electrons. The fourth-order valence-corrected chi connectivity index (χ4v) is 3.08. The summed E-state index contributed by atoms with van der Waals surface area (Å²) in [7, 11) is -3.66. The van der Waals surface area contributed by atoms with E-state index in [1.165, 1.54) is 6.20 Å². The Balaban J connectivity index is 2.39. The lowest BCUT2D eigenvalue weighted by Gasteiger charge is -2.13. The summed E-state index contributed by atoms with van der Waals surface area (Å²) in [6.07, 6.45) is 2.91. The van der Waals surface area contributed by atoms with Gasteiger partial charge in [0.1, 0.15) is 4.90 Å². The Morgan fingerprint density at radius 2 is 1.90 bits per heavy atom. The lowest BCUT2D eigenvalue weighted by molar-refractivity contribution is 0.601. The standard InChI is InChI=1S/C14H17N3O2S/c1-3-16-13-8-9-15-10-14(13)20(18,19)17-12-7-5-4-6-11(12)2/h4-10,17H,3H2,1-2H3,(H,15,16). The zero-order chi connectivity index (χ0) is 14.6. The number of sulfonamides is 1. The number of hydrogen-bond acceptors (Lipinski definition) is 4. The van der Waals surface area contributed by atoms with Crippen LogP contribution in [0.15, 0.2) is 47.6 Å². The van der Waals surface area contributed by atoms with Gasteiger partial charge in [-0.05, 0) is 31.5 Å². The molecule has 2 aromatic rings. The number of hydrogen-bond donors (Lipinski definition) is 2. The van der Waals surface area contributed by atoms with Crippen molar-refractivity contribution in [2.45, 2.75) is 18.7 Å². The molecule has 0 aliphatic rings. The van der Waals surface area contributed by atoms with Crippen molar-refractivity contribution in [1.29, 1.82) is 0 Å². The van der Waals surface area contributed by atoms with Gasteiger partial charge in [0.15, 0.2) is 0 Å². The second kappa shape index (κ2) is 5.92. The van der Waals surface area contributed by atoms with Gasteiger partial charge in [0.25, 0.3) is 10.0 Å². The first-order valence-corrected chi connectivity index (χ1v) is 7.79. The summed E-state index contributed by atoms with van der Waals surface area (Å²) in [5, 5.41) is 3.02. The zero-order valence-electron chi connectivity index (χ0n) is 11.4. The van der Waals surface area contributed by atoms with Crippen molar-refractivity contribution in [2.75, 3.05) is 16.6 Å². The molecule has 106 valence electrons. The molecular formula is C14H17N3O2S. The average Bonchev–Trinajstić information content (AvgIpc) is 2.42. The lowest BCUT2D eigenvalue weighted by atomic mass is 10.2. The van der Waals surface area contributed by atoms with Crippen LogP contribution in [-0.2, 0) is 10.0 Å². The SMILES string of the molecule is CCNc1ccncc1S(=O)(=O)Nc1ccccc1C. The van der Waals surface area contributed by atoms with Crippen molar-refractivity contribution in [3.63, 3.8) is 0 Å². The van der Waals surface area contributed by atoms with Gasteiger partial charge >= 0.3 is 0 Å². The number of nitrogens with one attached hydrogen (secondary N) is 2. The van der Waals surface area contributed by atoms with Crippen LogP contribution in [0.1, 0.15) is 12.5 Å². The smallest absolute Gasteiger partial charge is 0.265 e. The van der Waals surface area contributed by atoms with Crippen LogP contribution in [0.4, 0.5) is 11.4 Å². The third kappa shape index (κ3) is 3.08. The second-order valence-corrected chi connectivity index (χ2v) is 5.97. The van der Waals surface area contributed by atoms with Crippen LogP contribution in [0.5, 0.6) is 0 Å². The largest absolute Gasteiger partial charge is 0.384 e. The lowest BCUT2D eigenvalue weighted by Crippen LogP contribution is -2.16. The summed E-state index contributed by atoms with van der Waals surface area (Å²) in [6, 6.07) is 8.89. The van der Waals surface area contributed by atoms with E-state index in [1.807, 2.05) is 26.0 Å². The Morgan fingerprint density at radius 1 is 1.15 bits per heavy atom. The van der Waals surface area contributed by atoms with Crippen molar-refractivity contribution in [2.24, 2.45) is 0 Å². The normalized spacial score (nSPS) is 11.1. The Morgan fingerprint density at radius 3 is 2.60 bits per heavy atom. The number of benzene rings is 1. The number of aryl methyl sites for hydroxylation is 1. The average molecular weight is 291 g/mol. The van der Waals surface area contributed by atoms with E-state index in [-0.39, 0.29) is 4.90 Å². The van der Waals surface area contributed by atoms with E-state index >= 15 is 0 Å². The van der Waals surface area contributed by atoms with E-state index < -0.39 is 10.0 Å². The van der Waals surface area contributed by atoms with E-state index in [2.05, 4.69) is 15.0 Å². The molecule has 0 fully saturated rings. The number of para-hydroxylation sites is 1. The molecule has 0 atom stereocenters. The molecule has 6 heteroatoms. The summed E-state index contributed by atoms with van der Waals surface area (Å²) >= 11 is 0. The molecule has 0 amide bonds. The maximum Gasteiger partial charge on any atom is 0.265 e. The summed E-state index contributed by atoms with van der Waals surface area (Å²) in [5.41, 5.74) is 1.98. The third-order valence-electron chi connectivity index (χ3n) is 2.83. The van der Waals surface area contributed by atoms with E-state index in [1.54, 1.807) is 24.4 Å². The highest BCUT2D eigenvalue weighted by molar-refractivity contribution is 7.92. The quantitative estimate of drug-likeness (QED) is 0.888. The highest BCUT2D eigenvalue weighted by Gasteiger charge is 2.19. The Labute approximate surface area is 119 Å². The van der Waals surface area contributed by atoms with Gasteiger partial charge in [-0.3, -0.25) is 9.71 Å². The molecule has 0 bridgehead atoms. The molecule has 0 spiro atoms. The summed E-state index contributed by atoms with van der Waals surface area (Å²) in [5.74, 6) is 0. The number of aromatic nitrogens is 1. The fraction of sp³-hybridized carbons (Fsp3) is 0.214. The van der Waals surface area contributed by atoms with Crippen molar-refractivity contribution in [3.05, 3.63) is 48.3 Å². The summed E-state index contributed by atoms with van der Waals surface area (Å²) in [4.78, 5) is 4.04. The van der Waals surface area contributed by atoms with Crippen LogP contribution >= 0.6 is 0 Å². The minimum atomic E-state index is -3.66. The molecule has 2 rings (SSSR count). The first-order valence-electron chi connectivity index (χ1n) is 6.31. The van der Waals surface area contributed by atoms with Crippen LogP contribution in [-0.4, -0.2) is 19.9 Å². The molecule has 0 saturated heterocycles. The van der Waals surface area contributed by atoms with Crippen molar-refractivity contribution in [1.82, 2.24) is 4.98 Å². The van der Waals surface area contributed by atoms with Gasteiger partial charge in [0.05, 0.1) is 11.4 Å². The maximum absolute atomic E-state index is 12.5. The number of nitrogens with zero attached hydrogens (tertiary/aromatic N) is 1. The van der Waals surface area contributed by atoms with Gasteiger partial charge in [-0.15, -0.1) is 0 Å². The monoisotopic (exact) mass is 291 g/mol. The zero-order valence-corrected chi connectivity index (χ0v) is 12.2. The van der Waals surface area contributed by atoms with Gasteiger partial charge in [0.2, 0.25) is 0 Å². The number of pyridine rings is 1. The minimum Gasteiger partial charge on any atom is -0.384 e. The van der Waals surface area contributed by atoms with Crippen molar-refractivity contribution >= 4 is 21.4 Å². The van der Waals surface area contributed by atoms with E-state index in [0.29, 0.717) is 17.9 Å². The van der Waals surface area contributed by atoms with Crippen LogP contribution in [0.3, 0.4) is 0 Å². The van der Waals surface area contributed by atoms with Gasteiger partial charge < -0.3 is 5.32 Å². The Hall–Kier alpha value is -2.08. The number of anilines is 2.